The molecule has 0 aliphatic carbocycles. The van der Waals surface area contributed by atoms with E-state index in [1.165, 1.54) is 6.07 Å². The molecule has 7 nitrogen and oxygen atoms in total. The fraction of sp³-hybridized carbons (Fsp3) is 0.0952. The highest BCUT2D eigenvalue weighted by atomic mass is 35.5. The summed E-state index contributed by atoms with van der Waals surface area (Å²) in [4.78, 5) is 24.2. The van der Waals surface area contributed by atoms with Gasteiger partial charge in [-0.2, -0.15) is 0 Å². The van der Waals surface area contributed by atoms with Crippen molar-refractivity contribution in [3.05, 3.63) is 77.0 Å². The topological polar surface area (TPSA) is 92.6 Å². The predicted molar refractivity (Wildman–Crippen MR) is 117 cm³/mol. The number of nitrogens with one attached hydrogen (secondary N) is 3. The highest BCUT2D eigenvalue weighted by Crippen LogP contribution is 2.28. The Balaban J connectivity index is 1.47. The van der Waals surface area contributed by atoms with Gasteiger partial charge in [-0.3, -0.25) is 25.8 Å². The molecule has 0 aliphatic heterocycles. The molecule has 30 heavy (non-hydrogen) atoms. The third-order valence-electron chi connectivity index (χ3n) is 3.96. The molecule has 0 radical (unpaired) electrons. The number of ether oxygens (including phenoxy) is 1. The van der Waals surface area contributed by atoms with E-state index in [0.29, 0.717) is 22.1 Å². The van der Waals surface area contributed by atoms with Crippen molar-refractivity contribution in [3.63, 3.8) is 0 Å². The van der Waals surface area contributed by atoms with Crippen molar-refractivity contribution in [1.29, 1.82) is 0 Å². The number of aryl methyl sites for hydroxylation is 1. The summed E-state index contributed by atoms with van der Waals surface area (Å²) >= 11 is 11.1. The SMILES string of the molecule is Cc1ccccc1OCC(=O)NNC(=S)NC(=O)c1ccc(-c2ccccc2Cl)o1. The molecule has 2 aromatic carbocycles. The first kappa shape index (κ1) is 21.4. The van der Waals surface area contributed by atoms with Crippen molar-refractivity contribution in [2.24, 2.45) is 0 Å². The summed E-state index contributed by atoms with van der Waals surface area (Å²) in [6.07, 6.45) is 0. The van der Waals surface area contributed by atoms with Gasteiger partial charge in [0.2, 0.25) is 0 Å². The summed E-state index contributed by atoms with van der Waals surface area (Å²) in [5.74, 6) is 0.0651. The number of benzene rings is 2. The maximum Gasteiger partial charge on any atom is 0.293 e. The van der Waals surface area contributed by atoms with Gasteiger partial charge in [0.1, 0.15) is 11.5 Å². The average molecular weight is 444 g/mol. The van der Waals surface area contributed by atoms with E-state index >= 15 is 0 Å². The minimum Gasteiger partial charge on any atom is -0.483 e. The van der Waals surface area contributed by atoms with E-state index < -0.39 is 11.8 Å². The molecule has 154 valence electrons. The Kier molecular flexibility index (Phi) is 7.05. The van der Waals surface area contributed by atoms with Crippen LogP contribution < -0.4 is 20.9 Å². The van der Waals surface area contributed by atoms with E-state index in [0.717, 1.165) is 5.56 Å². The lowest BCUT2D eigenvalue weighted by atomic mass is 10.2. The number of rotatable bonds is 5. The van der Waals surface area contributed by atoms with Crippen molar-refractivity contribution in [3.8, 4) is 17.1 Å². The van der Waals surface area contributed by atoms with E-state index in [-0.39, 0.29) is 17.5 Å². The van der Waals surface area contributed by atoms with Gasteiger partial charge in [0, 0.05) is 5.56 Å². The van der Waals surface area contributed by atoms with Crippen LogP contribution in [0.3, 0.4) is 0 Å². The van der Waals surface area contributed by atoms with Crippen LogP contribution in [0.4, 0.5) is 0 Å². The monoisotopic (exact) mass is 443 g/mol. The van der Waals surface area contributed by atoms with Crippen LogP contribution in [-0.4, -0.2) is 23.5 Å². The number of carbonyl (C=O) groups is 2. The molecule has 3 N–H and O–H groups in total. The van der Waals surface area contributed by atoms with E-state index in [4.69, 9.17) is 33.0 Å². The Labute approximate surface area is 183 Å². The number of thiocarbonyl (C=S) groups is 1. The fourth-order valence-electron chi connectivity index (χ4n) is 2.49. The van der Waals surface area contributed by atoms with E-state index in [1.54, 1.807) is 30.3 Å². The molecule has 0 aliphatic rings. The standard InChI is InChI=1S/C21H18ClN3O4S/c1-13-6-2-5-9-16(13)28-12-19(26)24-25-21(30)23-20(27)18-11-10-17(29-18)14-7-3-4-8-15(14)22/h2-11H,12H2,1H3,(H,24,26)(H2,23,25,27,30). The average Bonchev–Trinajstić information content (AvgIpc) is 3.22. The Morgan fingerprint density at radius 1 is 1.03 bits per heavy atom. The highest BCUT2D eigenvalue weighted by Gasteiger charge is 2.15. The Bertz CT molecular complexity index is 1080. The number of halogens is 1. The molecule has 0 atom stereocenters. The number of hydrogen-bond acceptors (Lipinski definition) is 5. The molecule has 9 heteroatoms. The number of carbonyl (C=O) groups excluding carboxylic acids is 2. The minimum absolute atomic E-state index is 0.0447. The normalized spacial score (nSPS) is 10.2. The zero-order valence-corrected chi connectivity index (χ0v) is 17.5. The number of hydrogen-bond donors (Lipinski definition) is 3. The van der Waals surface area contributed by atoms with Crippen LogP contribution in [0.1, 0.15) is 16.1 Å². The number of furan rings is 1. The summed E-state index contributed by atoms with van der Waals surface area (Å²) in [6.45, 7) is 1.66. The molecular weight excluding hydrogens is 426 g/mol. The van der Waals surface area contributed by atoms with Gasteiger partial charge < -0.3 is 9.15 Å². The van der Waals surface area contributed by atoms with Gasteiger partial charge >= 0.3 is 0 Å². The first-order chi connectivity index (χ1) is 14.4. The summed E-state index contributed by atoms with van der Waals surface area (Å²) in [5, 5.41) is 2.82. The second-order valence-electron chi connectivity index (χ2n) is 6.15. The molecule has 0 unspecified atom stereocenters. The molecule has 0 saturated carbocycles. The van der Waals surface area contributed by atoms with Crippen molar-refractivity contribution in [2.75, 3.05) is 6.61 Å². The largest absolute Gasteiger partial charge is 0.483 e. The first-order valence-electron chi connectivity index (χ1n) is 8.87. The zero-order chi connectivity index (χ0) is 21.5. The van der Waals surface area contributed by atoms with Gasteiger partial charge in [0.25, 0.3) is 11.8 Å². The fourth-order valence-corrected chi connectivity index (χ4v) is 2.86. The van der Waals surface area contributed by atoms with Crippen LogP contribution in [0.5, 0.6) is 5.75 Å². The lowest BCUT2D eigenvalue weighted by Crippen LogP contribution is -2.49. The summed E-state index contributed by atoms with van der Waals surface area (Å²) in [6, 6.07) is 17.6. The quantitative estimate of drug-likeness (QED) is 0.412. The lowest BCUT2D eigenvalue weighted by molar-refractivity contribution is -0.123. The minimum atomic E-state index is -0.573. The molecule has 0 fully saturated rings. The number of amides is 2. The van der Waals surface area contributed by atoms with E-state index in [2.05, 4.69) is 16.2 Å². The van der Waals surface area contributed by atoms with Crippen molar-refractivity contribution in [1.82, 2.24) is 16.2 Å². The van der Waals surface area contributed by atoms with Crippen LogP contribution in [0.15, 0.2) is 65.1 Å². The van der Waals surface area contributed by atoms with Crippen molar-refractivity contribution < 1.29 is 18.7 Å². The van der Waals surface area contributed by atoms with E-state index in [1.807, 2.05) is 31.2 Å². The lowest BCUT2D eigenvalue weighted by Gasteiger charge is -2.11. The van der Waals surface area contributed by atoms with Crippen molar-refractivity contribution >= 4 is 40.7 Å². The zero-order valence-electron chi connectivity index (χ0n) is 15.9. The molecule has 0 saturated heterocycles. The highest BCUT2D eigenvalue weighted by molar-refractivity contribution is 7.80. The Hall–Kier alpha value is -3.36. The molecule has 3 aromatic rings. The van der Waals surface area contributed by atoms with Gasteiger partial charge in [-0.1, -0.05) is 41.9 Å². The third-order valence-corrected chi connectivity index (χ3v) is 4.50. The Morgan fingerprint density at radius 3 is 2.53 bits per heavy atom. The molecule has 1 aromatic heterocycles. The number of hydrazine groups is 1. The van der Waals surface area contributed by atoms with Gasteiger partial charge in [-0.25, -0.2) is 0 Å². The molecule has 1 heterocycles. The van der Waals surface area contributed by atoms with E-state index in [9.17, 15) is 9.59 Å². The third kappa shape index (κ3) is 5.59. The molecule has 2 amide bonds. The summed E-state index contributed by atoms with van der Waals surface area (Å²) in [7, 11) is 0. The van der Waals surface area contributed by atoms with Crippen molar-refractivity contribution in [2.45, 2.75) is 6.92 Å². The van der Waals surface area contributed by atoms with Crippen LogP contribution in [0.25, 0.3) is 11.3 Å². The van der Waals surface area contributed by atoms with Gasteiger partial charge in [0.05, 0.1) is 5.02 Å². The maximum absolute atomic E-state index is 12.3. The Morgan fingerprint density at radius 2 is 1.77 bits per heavy atom. The smallest absolute Gasteiger partial charge is 0.293 e. The second kappa shape index (κ2) is 9.91. The van der Waals surface area contributed by atoms with Gasteiger partial charge in [0.15, 0.2) is 17.5 Å². The van der Waals surface area contributed by atoms with Crippen LogP contribution in [0, 0.1) is 6.92 Å². The first-order valence-corrected chi connectivity index (χ1v) is 9.66. The van der Waals surface area contributed by atoms with Crippen LogP contribution in [0.2, 0.25) is 5.02 Å². The molecule has 3 rings (SSSR count). The van der Waals surface area contributed by atoms with Gasteiger partial charge in [-0.05, 0) is 55.0 Å². The molecule has 0 bridgehead atoms. The maximum atomic E-state index is 12.3. The summed E-state index contributed by atoms with van der Waals surface area (Å²) < 4.78 is 11.0. The van der Waals surface area contributed by atoms with Crippen LogP contribution in [-0.2, 0) is 4.79 Å². The predicted octanol–water partition coefficient (Wildman–Crippen LogP) is 3.62. The molecular formula is C21H18ClN3O4S. The van der Waals surface area contributed by atoms with Crippen LogP contribution >= 0.6 is 23.8 Å². The number of para-hydroxylation sites is 1. The second-order valence-corrected chi connectivity index (χ2v) is 6.97. The molecule has 0 spiro atoms. The van der Waals surface area contributed by atoms with Gasteiger partial charge in [-0.15, -0.1) is 0 Å². The summed E-state index contributed by atoms with van der Waals surface area (Å²) in [5.41, 5.74) is 6.37.